The molecule has 0 aromatic heterocycles. The number of piperidine rings is 1. The third kappa shape index (κ3) is 5.02. The van der Waals surface area contributed by atoms with Crippen LogP contribution in [-0.2, 0) is 14.4 Å². The first-order valence-electron chi connectivity index (χ1n) is 11.6. The molecular weight excluding hydrogens is 464 g/mol. The lowest BCUT2D eigenvalue weighted by molar-refractivity contribution is -0.143. The van der Waals surface area contributed by atoms with Gasteiger partial charge in [0, 0.05) is 19.0 Å². The number of nitrogens with zero attached hydrogens (tertiary/aromatic N) is 2. The van der Waals surface area contributed by atoms with Crippen LogP contribution in [0, 0.1) is 39.9 Å². The van der Waals surface area contributed by atoms with Crippen LogP contribution in [0.5, 0.6) is 0 Å². The maximum absolute atomic E-state index is 13.6. The SMILES string of the molecule is CC(C)(C)C(NC(=S)C(F)F)C(=O)N1C[C@H]2[C@@H]([C@H]1C(=O)N[C@H](C#N)CC1CCNC1=O)C2(C)C. The van der Waals surface area contributed by atoms with Crippen molar-refractivity contribution in [3.05, 3.63) is 0 Å². The van der Waals surface area contributed by atoms with E-state index >= 15 is 0 Å². The third-order valence-corrected chi connectivity index (χ3v) is 7.81. The minimum absolute atomic E-state index is 0.0935. The summed E-state index contributed by atoms with van der Waals surface area (Å²) in [6.45, 7) is 10.1. The van der Waals surface area contributed by atoms with Crippen molar-refractivity contribution in [3.8, 4) is 6.07 Å². The van der Waals surface area contributed by atoms with E-state index in [0.717, 1.165) is 0 Å². The lowest BCUT2D eigenvalue weighted by atomic mass is 9.85. The molecule has 0 aromatic rings. The number of carbonyl (C=O) groups is 3. The smallest absolute Gasteiger partial charge is 0.288 e. The van der Waals surface area contributed by atoms with E-state index in [9.17, 15) is 28.4 Å². The average Bonchev–Trinajstić information content (AvgIpc) is 3.10. The number of nitriles is 1. The van der Waals surface area contributed by atoms with Crippen molar-refractivity contribution in [1.29, 1.82) is 5.26 Å². The highest BCUT2D eigenvalue weighted by molar-refractivity contribution is 7.80. The molecule has 1 saturated carbocycles. The van der Waals surface area contributed by atoms with Crippen molar-refractivity contribution in [3.63, 3.8) is 0 Å². The second kappa shape index (κ2) is 9.36. The van der Waals surface area contributed by atoms with E-state index < -0.39 is 46.8 Å². The molecule has 11 heteroatoms. The van der Waals surface area contributed by atoms with Crippen molar-refractivity contribution >= 4 is 34.9 Å². The first-order chi connectivity index (χ1) is 15.7. The Morgan fingerprint density at radius 3 is 2.47 bits per heavy atom. The minimum atomic E-state index is -2.90. The van der Waals surface area contributed by atoms with Crippen molar-refractivity contribution in [2.45, 2.75) is 72.0 Å². The predicted octanol–water partition coefficient (Wildman–Crippen LogP) is 1.60. The van der Waals surface area contributed by atoms with Crippen LogP contribution < -0.4 is 16.0 Å². The lowest BCUT2D eigenvalue weighted by Crippen LogP contribution is -2.60. The molecule has 2 aliphatic heterocycles. The molecule has 6 atom stereocenters. The van der Waals surface area contributed by atoms with Crippen LogP contribution >= 0.6 is 12.2 Å². The minimum Gasteiger partial charge on any atom is -0.363 e. The molecule has 34 heavy (non-hydrogen) atoms. The van der Waals surface area contributed by atoms with Crippen LogP contribution in [0.1, 0.15) is 47.5 Å². The fraction of sp³-hybridized carbons (Fsp3) is 0.783. The Kier molecular flexibility index (Phi) is 7.23. The van der Waals surface area contributed by atoms with Gasteiger partial charge >= 0.3 is 0 Å². The van der Waals surface area contributed by atoms with E-state index in [1.54, 1.807) is 20.8 Å². The van der Waals surface area contributed by atoms with E-state index in [2.05, 4.69) is 22.0 Å². The van der Waals surface area contributed by atoms with Crippen LogP contribution in [0.25, 0.3) is 0 Å². The number of likely N-dealkylation sites (tertiary alicyclic amines) is 1. The second-order valence-corrected chi connectivity index (χ2v) is 11.6. The largest absolute Gasteiger partial charge is 0.363 e. The van der Waals surface area contributed by atoms with Crippen LogP contribution in [0.2, 0.25) is 0 Å². The number of fused-ring (bicyclic) bond motifs is 1. The maximum atomic E-state index is 13.6. The monoisotopic (exact) mass is 497 g/mol. The molecule has 0 bridgehead atoms. The van der Waals surface area contributed by atoms with Gasteiger partial charge in [0.2, 0.25) is 17.7 Å². The van der Waals surface area contributed by atoms with E-state index in [-0.39, 0.29) is 35.5 Å². The summed E-state index contributed by atoms with van der Waals surface area (Å²) < 4.78 is 26.2. The van der Waals surface area contributed by atoms with E-state index in [4.69, 9.17) is 12.2 Å². The zero-order valence-corrected chi connectivity index (χ0v) is 21.0. The highest BCUT2D eigenvalue weighted by Gasteiger charge is 2.69. The molecule has 2 saturated heterocycles. The Hall–Kier alpha value is -2.35. The van der Waals surface area contributed by atoms with Crippen molar-refractivity contribution in [2.24, 2.45) is 28.6 Å². The van der Waals surface area contributed by atoms with Gasteiger partial charge < -0.3 is 20.9 Å². The molecule has 3 aliphatic rings. The average molecular weight is 498 g/mol. The molecule has 3 rings (SSSR count). The molecule has 0 radical (unpaired) electrons. The standard InChI is InChI=1S/C23H33F2N5O3S/c1-22(2,3)16(29-20(34)17(24)25)21(33)30-10-13-14(23(13,4)5)15(30)19(32)28-12(9-26)8-11-6-7-27-18(11)31/h11-17H,6-8,10H2,1-5H3,(H,27,31)(H,28,32)(H,29,34)/t11?,12-,13-,14-,15-,16?/m0/s1. The number of nitrogens with one attached hydrogen (secondary N) is 3. The Morgan fingerprint density at radius 1 is 1.32 bits per heavy atom. The molecule has 3 fully saturated rings. The fourth-order valence-electron chi connectivity index (χ4n) is 5.39. The Bertz CT molecular complexity index is 913. The number of hydrogen-bond donors (Lipinski definition) is 3. The summed E-state index contributed by atoms with van der Waals surface area (Å²) in [6.07, 6.45) is -2.11. The quantitative estimate of drug-likeness (QED) is 0.461. The van der Waals surface area contributed by atoms with Gasteiger partial charge in [-0.15, -0.1) is 0 Å². The summed E-state index contributed by atoms with van der Waals surface area (Å²) in [5.41, 5.74) is -0.903. The number of rotatable bonds is 7. The normalized spacial score (nSPS) is 29.0. The molecular formula is C23H33F2N5O3S. The van der Waals surface area contributed by atoms with Gasteiger partial charge in [-0.1, -0.05) is 46.8 Å². The van der Waals surface area contributed by atoms with Crippen LogP contribution in [0.4, 0.5) is 8.78 Å². The van der Waals surface area contributed by atoms with E-state index in [1.165, 1.54) is 4.90 Å². The summed E-state index contributed by atoms with van der Waals surface area (Å²) in [7, 11) is 0. The Morgan fingerprint density at radius 2 is 1.97 bits per heavy atom. The van der Waals surface area contributed by atoms with Gasteiger partial charge in [-0.2, -0.15) is 5.26 Å². The zero-order valence-electron chi connectivity index (χ0n) is 20.2. The zero-order chi connectivity index (χ0) is 25.6. The van der Waals surface area contributed by atoms with Crippen molar-refractivity contribution < 1.29 is 23.2 Å². The molecule has 2 unspecified atom stereocenters. The summed E-state index contributed by atoms with van der Waals surface area (Å²) in [4.78, 5) is 39.6. The van der Waals surface area contributed by atoms with Gasteiger partial charge in [-0.05, 0) is 35.5 Å². The molecule has 8 nitrogen and oxygen atoms in total. The summed E-state index contributed by atoms with van der Waals surface area (Å²) in [5.74, 6) is -1.42. The molecule has 188 valence electrons. The molecule has 1 aliphatic carbocycles. The molecule has 0 spiro atoms. The fourth-order valence-corrected chi connectivity index (χ4v) is 5.51. The van der Waals surface area contributed by atoms with Crippen LogP contribution in [0.3, 0.4) is 0 Å². The van der Waals surface area contributed by atoms with Gasteiger partial charge in [-0.25, -0.2) is 8.78 Å². The highest BCUT2D eigenvalue weighted by Crippen LogP contribution is 2.65. The van der Waals surface area contributed by atoms with Gasteiger partial charge in [0.25, 0.3) is 6.43 Å². The van der Waals surface area contributed by atoms with Gasteiger partial charge in [0.1, 0.15) is 23.1 Å². The van der Waals surface area contributed by atoms with Gasteiger partial charge in [-0.3, -0.25) is 14.4 Å². The number of thiocarbonyl (C=S) groups is 1. The third-order valence-electron chi connectivity index (χ3n) is 7.51. The Labute approximate surface area is 204 Å². The van der Waals surface area contributed by atoms with Gasteiger partial charge in [0.15, 0.2) is 0 Å². The predicted molar refractivity (Wildman–Crippen MR) is 125 cm³/mol. The van der Waals surface area contributed by atoms with Crippen molar-refractivity contribution in [1.82, 2.24) is 20.9 Å². The van der Waals surface area contributed by atoms with E-state index in [0.29, 0.717) is 19.5 Å². The molecule has 3 N–H and O–H groups in total. The maximum Gasteiger partial charge on any atom is 0.288 e. The molecule has 2 heterocycles. The number of alkyl halides is 2. The second-order valence-electron chi connectivity index (χ2n) is 11.2. The number of halogens is 2. The number of carbonyl (C=O) groups excluding carboxylic acids is 3. The van der Waals surface area contributed by atoms with E-state index in [1.807, 2.05) is 13.8 Å². The molecule has 3 amide bonds. The topological polar surface area (TPSA) is 114 Å². The number of amides is 3. The molecule has 0 aromatic carbocycles. The lowest BCUT2D eigenvalue weighted by Gasteiger charge is -2.38. The van der Waals surface area contributed by atoms with Gasteiger partial charge in [0.05, 0.1) is 6.07 Å². The first kappa shape index (κ1) is 26.3. The summed E-state index contributed by atoms with van der Waals surface area (Å²) in [5, 5.41) is 17.6. The number of hydrogen-bond acceptors (Lipinski definition) is 5. The summed E-state index contributed by atoms with van der Waals surface area (Å²) in [6, 6.07) is -0.688. The van der Waals surface area contributed by atoms with Crippen LogP contribution in [0.15, 0.2) is 0 Å². The highest BCUT2D eigenvalue weighted by atomic mass is 32.1. The summed E-state index contributed by atoms with van der Waals surface area (Å²) >= 11 is 4.74. The van der Waals surface area contributed by atoms with Crippen LogP contribution in [-0.4, -0.2) is 65.3 Å². The Balaban J connectivity index is 1.79. The van der Waals surface area contributed by atoms with Crippen molar-refractivity contribution in [2.75, 3.05) is 13.1 Å². The first-order valence-corrected chi connectivity index (χ1v) is 12.0.